The fourth-order valence-electron chi connectivity index (χ4n) is 1.25. The monoisotopic (exact) mass is 140 g/mol. The van der Waals surface area contributed by atoms with Gasteiger partial charge in [-0.15, -0.1) is 0 Å². The van der Waals surface area contributed by atoms with E-state index in [-0.39, 0.29) is 5.92 Å². The molecule has 1 N–H and O–H groups in total. The van der Waals surface area contributed by atoms with E-state index in [4.69, 9.17) is 5.11 Å². The van der Waals surface area contributed by atoms with Gasteiger partial charge in [0.1, 0.15) is 0 Å². The van der Waals surface area contributed by atoms with Crippen LogP contribution < -0.4 is 0 Å². The van der Waals surface area contributed by atoms with Crippen LogP contribution in [0.2, 0.25) is 0 Å². The normalized spacial score (nSPS) is 20.3. The van der Waals surface area contributed by atoms with E-state index < -0.39 is 5.97 Å². The molecule has 0 amide bonds. The third-order valence-corrected chi connectivity index (χ3v) is 2.00. The van der Waals surface area contributed by atoms with Gasteiger partial charge in [-0.25, -0.2) is 0 Å². The van der Waals surface area contributed by atoms with Crippen LogP contribution in [0.15, 0.2) is 11.6 Å². The van der Waals surface area contributed by atoms with Crippen molar-refractivity contribution in [1.29, 1.82) is 0 Å². The van der Waals surface area contributed by atoms with Crippen LogP contribution in [0.4, 0.5) is 0 Å². The summed E-state index contributed by atoms with van der Waals surface area (Å²) in [4.78, 5) is 10.4. The maximum absolute atomic E-state index is 10.4. The lowest BCUT2D eigenvalue weighted by atomic mass is 10.0. The van der Waals surface area contributed by atoms with Crippen LogP contribution in [0.25, 0.3) is 0 Å². The molecule has 1 rings (SSSR count). The van der Waals surface area contributed by atoms with Crippen LogP contribution >= 0.6 is 0 Å². The molecular formula is C8H12O2. The fraction of sp³-hybridized carbons (Fsp3) is 0.625. The molecule has 0 fully saturated rings. The summed E-state index contributed by atoms with van der Waals surface area (Å²) in [7, 11) is 0. The lowest BCUT2D eigenvalue weighted by molar-refractivity contribution is -0.139. The molecular weight excluding hydrogens is 128 g/mol. The molecule has 0 aromatic carbocycles. The van der Waals surface area contributed by atoms with Gasteiger partial charge in [-0.1, -0.05) is 11.6 Å². The molecule has 0 saturated heterocycles. The Morgan fingerprint density at radius 1 is 1.80 bits per heavy atom. The zero-order valence-corrected chi connectivity index (χ0v) is 6.13. The van der Waals surface area contributed by atoms with Crippen LogP contribution in [-0.4, -0.2) is 11.1 Å². The van der Waals surface area contributed by atoms with Gasteiger partial charge in [0.25, 0.3) is 0 Å². The van der Waals surface area contributed by atoms with Gasteiger partial charge in [0.05, 0.1) is 5.92 Å². The van der Waals surface area contributed by atoms with E-state index in [1.54, 1.807) is 6.92 Å². The molecule has 56 valence electrons. The second kappa shape index (κ2) is 2.86. The second-order valence-corrected chi connectivity index (χ2v) is 2.73. The number of aliphatic carboxylic acids is 1. The predicted octanol–water partition coefficient (Wildman–Crippen LogP) is 1.82. The first-order chi connectivity index (χ1) is 4.72. The smallest absolute Gasteiger partial charge is 0.310 e. The van der Waals surface area contributed by atoms with Gasteiger partial charge >= 0.3 is 5.97 Å². The summed E-state index contributed by atoms with van der Waals surface area (Å²) in [6, 6.07) is 0. The number of carbonyl (C=O) groups is 1. The van der Waals surface area contributed by atoms with E-state index in [9.17, 15) is 4.79 Å². The quantitative estimate of drug-likeness (QED) is 0.594. The van der Waals surface area contributed by atoms with Gasteiger partial charge in [0, 0.05) is 0 Å². The number of rotatable bonds is 2. The van der Waals surface area contributed by atoms with Crippen molar-refractivity contribution in [3.8, 4) is 0 Å². The van der Waals surface area contributed by atoms with Gasteiger partial charge in [-0.05, 0) is 26.2 Å². The van der Waals surface area contributed by atoms with Crippen molar-refractivity contribution in [1.82, 2.24) is 0 Å². The molecule has 0 aromatic heterocycles. The number of carboxylic acid groups (broad SMARTS) is 1. The molecule has 1 atom stereocenters. The molecule has 0 bridgehead atoms. The standard InChI is InChI=1S/C8H12O2/c1-6(8(9)10)7-4-2-3-5-7/h4,6H,2-3,5H2,1H3,(H,9,10)/t6-/m0/s1. The Morgan fingerprint density at radius 3 is 2.90 bits per heavy atom. The van der Waals surface area contributed by atoms with E-state index in [1.807, 2.05) is 0 Å². The third kappa shape index (κ3) is 1.38. The molecule has 2 heteroatoms. The molecule has 0 unspecified atom stereocenters. The van der Waals surface area contributed by atoms with Gasteiger partial charge < -0.3 is 5.11 Å². The molecule has 10 heavy (non-hydrogen) atoms. The summed E-state index contributed by atoms with van der Waals surface area (Å²) in [5.74, 6) is -0.962. The van der Waals surface area contributed by atoms with E-state index in [0.29, 0.717) is 0 Å². The van der Waals surface area contributed by atoms with Gasteiger partial charge in [0.2, 0.25) is 0 Å². The molecule has 0 radical (unpaired) electrons. The first-order valence-electron chi connectivity index (χ1n) is 3.63. The summed E-state index contributed by atoms with van der Waals surface area (Å²) < 4.78 is 0. The maximum atomic E-state index is 10.4. The summed E-state index contributed by atoms with van der Waals surface area (Å²) >= 11 is 0. The highest BCUT2D eigenvalue weighted by molar-refractivity contribution is 5.73. The largest absolute Gasteiger partial charge is 0.481 e. The highest BCUT2D eigenvalue weighted by Gasteiger charge is 2.17. The van der Waals surface area contributed by atoms with Crippen LogP contribution in [0.5, 0.6) is 0 Å². The van der Waals surface area contributed by atoms with Crippen molar-refractivity contribution in [2.75, 3.05) is 0 Å². The van der Waals surface area contributed by atoms with Crippen molar-refractivity contribution in [2.45, 2.75) is 26.2 Å². The van der Waals surface area contributed by atoms with Crippen LogP contribution in [0.3, 0.4) is 0 Å². The average molecular weight is 140 g/mol. The van der Waals surface area contributed by atoms with E-state index in [2.05, 4.69) is 6.08 Å². The minimum atomic E-state index is -0.701. The SMILES string of the molecule is C[C@H](C(=O)O)C1=CCCC1. The van der Waals surface area contributed by atoms with Crippen molar-refractivity contribution >= 4 is 5.97 Å². The van der Waals surface area contributed by atoms with E-state index in [1.165, 1.54) is 0 Å². The van der Waals surface area contributed by atoms with Crippen LogP contribution in [0, 0.1) is 5.92 Å². The Labute approximate surface area is 60.6 Å². The zero-order valence-electron chi connectivity index (χ0n) is 6.13. The number of allylic oxidation sites excluding steroid dienone is 1. The Balaban J connectivity index is 2.55. The van der Waals surface area contributed by atoms with E-state index >= 15 is 0 Å². The number of hydrogen-bond acceptors (Lipinski definition) is 1. The third-order valence-electron chi connectivity index (χ3n) is 2.00. The minimum absolute atomic E-state index is 0.262. The minimum Gasteiger partial charge on any atom is -0.481 e. The lowest BCUT2D eigenvalue weighted by Crippen LogP contribution is -2.10. The highest BCUT2D eigenvalue weighted by Crippen LogP contribution is 2.24. The second-order valence-electron chi connectivity index (χ2n) is 2.73. The topological polar surface area (TPSA) is 37.3 Å². The first kappa shape index (κ1) is 7.32. The van der Waals surface area contributed by atoms with Crippen molar-refractivity contribution < 1.29 is 9.90 Å². The molecule has 2 nitrogen and oxygen atoms in total. The zero-order chi connectivity index (χ0) is 7.56. The summed E-state index contributed by atoms with van der Waals surface area (Å²) in [5, 5.41) is 8.60. The molecule has 1 aliphatic rings. The summed E-state index contributed by atoms with van der Waals surface area (Å²) in [5.41, 5.74) is 1.10. The molecule has 0 aromatic rings. The van der Waals surface area contributed by atoms with Crippen molar-refractivity contribution in [3.05, 3.63) is 11.6 Å². The Kier molecular flexibility index (Phi) is 2.10. The predicted molar refractivity (Wildman–Crippen MR) is 38.7 cm³/mol. The van der Waals surface area contributed by atoms with Crippen molar-refractivity contribution in [2.24, 2.45) is 5.92 Å². The molecule has 0 saturated carbocycles. The van der Waals surface area contributed by atoms with Gasteiger partial charge in [0.15, 0.2) is 0 Å². The molecule has 0 heterocycles. The Morgan fingerprint density at radius 2 is 2.50 bits per heavy atom. The Hall–Kier alpha value is -0.790. The summed E-state index contributed by atoms with van der Waals surface area (Å²) in [6.45, 7) is 1.75. The average Bonchev–Trinajstić information content (AvgIpc) is 2.36. The molecule has 0 aliphatic heterocycles. The maximum Gasteiger partial charge on any atom is 0.310 e. The van der Waals surface area contributed by atoms with Crippen molar-refractivity contribution in [3.63, 3.8) is 0 Å². The number of hydrogen-bond donors (Lipinski definition) is 1. The molecule has 1 aliphatic carbocycles. The molecule has 0 spiro atoms. The summed E-state index contributed by atoms with van der Waals surface area (Å²) in [6.07, 6.45) is 5.23. The van der Waals surface area contributed by atoms with Crippen LogP contribution in [-0.2, 0) is 4.79 Å². The fourth-order valence-corrected chi connectivity index (χ4v) is 1.25. The van der Waals surface area contributed by atoms with Gasteiger partial charge in [-0.3, -0.25) is 4.79 Å². The highest BCUT2D eigenvalue weighted by atomic mass is 16.4. The Bertz CT molecular complexity index is 170. The van der Waals surface area contributed by atoms with Gasteiger partial charge in [-0.2, -0.15) is 0 Å². The lowest BCUT2D eigenvalue weighted by Gasteiger charge is -2.05. The first-order valence-corrected chi connectivity index (χ1v) is 3.63. The van der Waals surface area contributed by atoms with E-state index in [0.717, 1.165) is 24.8 Å². The van der Waals surface area contributed by atoms with Crippen LogP contribution in [0.1, 0.15) is 26.2 Å². The number of carboxylic acids is 1.